The molecule has 0 aliphatic carbocycles. The third-order valence-corrected chi connectivity index (χ3v) is 4.11. The Morgan fingerprint density at radius 3 is 1.83 bits per heavy atom. The molecular weight excluding hydrogens is 306 g/mol. The van der Waals surface area contributed by atoms with Crippen LogP contribution in [-0.4, -0.2) is 23.4 Å². The zero-order chi connectivity index (χ0) is 18.0. The van der Waals surface area contributed by atoms with Gasteiger partial charge in [0.05, 0.1) is 0 Å². The minimum absolute atomic E-state index is 0.301. The van der Waals surface area contributed by atoms with Gasteiger partial charge in [0.15, 0.2) is 6.23 Å². The summed E-state index contributed by atoms with van der Waals surface area (Å²) in [6.45, 7) is 4.25. The van der Waals surface area contributed by atoms with Crippen molar-refractivity contribution in [3.63, 3.8) is 0 Å². The van der Waals surface area contributed by atoms with Crippen LogP contribution in [0, 0.1) is 0 Å². The van der Waals surface area contributed by atoms with Crippen LogP contribution < -0.4 is 5.32 Å². The summed E-state index contributed by atoms with van der Waals surface area (Å²) in [7, 11) is 0. The summed E-state index contributed by atoms with van der Waals surface area (Å²) in [6.07, 6.45) is 13.0. The van der Waals surface area contributed by atoms with Gasteiger partial charge >= 0.3 is 12.1 Å². The van der Waals surface area contributed by atoms with Crippen molar-refractivity contribution in [1.82, 2.24) is 5.32 Å². The highest BCUT2D eigenvalue weighted by molar-refractivity contribution is 5.70. The lowest BCUT2D eigenvalue weighted by Gasteiger charge is -2.17. The van der Waals surface area contributed by atoms with E-state index in [1.807, 2.05) is 6.92 Å². The van der Waals surface area contributed by atoms with Crippen molar-refractivity contribution in [3.05, 3.63) is 0 Å². The summed E-state index contributed by atoms with van der Waals surface area (Å²) in [4.78, 5) is 22.5. The molecule has 0 aromatic rings. The Morgan fingerprint density at radius 1 is 0.833 bits per heavy atom. The van der Waals surface area contributed by atoms with E-state index in [9.17, 15) is 9.59 Å². The predicted octanol–water partition coefficient (Wildman–Crippen LogP) is 5.62. The Bertz CT molecular complexity index is 320. The van der Waals surface area contributed by atoms with E-state index in [4.69, 9.17) is 9.84 Å². The van der Waals surface area contributed by atoms with Gasteiger partial charge < -0.3 is 9.84 Å². The van der Waals surface area contributed by atoms with Crippen LogP contribution in [0.4, 0.5) is 4.79 Å². The van der Waals surface area contributed by atoms with Crippen LogP contribution in [0.25, 0.3) is 0 Å². The van der Waals surface area contributed by atoms with Gasteiger partial charge in [0.1, 0.15) is 0 Å². The topological polar surface area (TPSA) is 75.6 Å². The second-order valence-corrected chi connectivity index (χ2v) is 6.50. The van der Waals surface area contributed by atoms with E-state index in [1.165, 1.54) is 44.9 Å². The summed E-state index contributed by atoms with van der Waals surface area (Å²) in [6, 6.07) is 0. The van der Waals surface area contributed by atoms with Crippen LogP contribution in [0.5, 0.6) is 0 Å². The smallest absolute Gasteiger partial charge is 0.407 e. The molecule has 0 aromatic heterocycles. The van der Waals surface area contributed by atoms with Crippen LogP contribution in [0.1, 0.15) is 104 Å². The number of carboxylic acid groups (broad SMARTS) is 1. The monoisotopic (exact) mass is 343 g/mol. The van der Waals surface area contributed by atoms with Crippen molar-refractivity contribution >= 4 is 12.1 Å². The molecule has 2 N–H and O–H groups in total. The van der Waals surface area contributed by atoms with E-state index in [2.05, 4.69) is 12.2 Å². The van der Waals surface area contributed by atoms with Crippen LogP contribution >= 0.6 is 0 Å². The second-order valence-electron chi connectivity index (χ2n) is 6.50. The molecule has 0 aromatic carbocycles. The zero-order valence-electron chi connectivity index (χ0n) is 15.6. The van der Waals surface area contributed by atoms with Crippen LogP contribution in [-0.2, 0) is 9.53 Å². The molecule has 5 nitrogen and oxygen atoms in total. The number of rotatable bonds is 16. The average molecular weight is 344 g/mol. The number of ether oxygens (including phenoxy) is 1. The van der Waals surface area contributed by atoms with E-state index in [1.54, 1.807) is 0 Å². The van der Waals surface area contributed by atoms with Gasteiger partial charge in [0.25, 0.3) is 0 Å². The van der Waals surface area contributed by atoms with E-state index in [-0.39, 0.29) is 5.97 Å². The van der Waals surface area contributed by atoms with Crippen molar-refractivity contribution in [2.45, 2.75) is 110 Å². The first-order valence-electron chi connectivity index (χ1n) is 9.79. The fraction of sp³-hybridized carbons (Fsp3) is 0.895. The maximum Gasteiger partial charge on any atom is 0.407 e. The zero-order valence-corrected chi connectivity index (χ0v) is 15.6. The number of carbonyl (C=O) groups is 2. The van der Waals surface area contributed by atoms with Gasteiger partial charge in [-0.2, -0.15) is 0 Å². The number of amides is 1. The lowest BCUT2D eigenvalue weighted by Crippen LogP contribution is -2.37. The Balaban J connectivity index is 3.60. The molecule has 0 saturated heterocycles. The van der Waals surface area contributed by atoms with Crippen LogP contribution in [0.3, 0.4) is 0 Å². The highest BCUT2D eigenvalue weighted by Crippen LogP contribution is 2.12. The molecule has 0 heterocycles. The lowest BCUT2D eigenvalue weighted by molar-refractivity contribution is -0.150. The van der Waals surface area contributed by atoms with Crippen molar-refractivity contribution < 1.29 is 19.4 Å². The minimum atomic E-state index is -1.15. The molecule has 0 radical (unpaired) electrons. The standard InChI is InChI=1S/C19H37NO4/c1-3-5-7-8-9-10-11-12-13-14-16-18(21)24-17(15-6-4-2)20-19(22)23/h17,20H,3-16H2,1-2H3,(H,22,23). The molecule has 1 unspecified atom stereocenters. The van der Waals surface area contributed by atoms with E-state index < -0.39 is 12.3 Å². The van der Waals surface area contributed by atoms with Crippen molar-refractivity contribution in [1.29, 1.82) is 0 Å². The molecule has 5 heteroatoms. The first kappa shape index (κ1) is 22.7. The molecular formula is C19H37NO4. The van der Waals surface area contributed by atoms with Gasteiger partial charge in [-0.05, 0) is 12.8 Å². The van der Waals surface area contributed by atoms with Crippen LogP contribution in [0.2, 0.25) is 0 Å². The summed E-state index contributed by atoms with van der Waals surface area (Å²) in [5.74, 6) is -0.301. The number of hydrogen-bond donors (Lipinski definition) is 2. The number of hydrogen-bond acceptors (Lipinski definition) is 3. The van der Waals surface area contributed by atoms with Gasteiger partial charge in [-0.3, -0.25) is 10.1 Å². The summed E-state index contributed by atoms with van der Waals surface area (Å²) >= 11 is 0. The first-order valence-corrected chi connectivity index (χ1v) is 9.79. The molecule has 0 aliphatic heterocycles. The number of carbonyl (C=O) groups excluding carboxylic acids is 1. The predicted molar refractivity (Wildman–Crippen MR) is 97.0 cm³/mol. The quantitative estimate of drug-likeness (QED) is 0.216. The average Bonchev–Trinajstić information content (AvgIpc) is 2.53. The molecule has 0 fully saturated rings. The number of nitrogens with one attached hydrogen (secondary N) is 1. The van der Waals surface area contributed by atoms with Gasteiger partial charge in [-0.15, -0.1) is 0 Å². The first-order chi connectivity index (χ1) is 11.6. The van der Waals surface area contributed by atoms with Crippen LogP contribution in [0.15, 0.2) is 0 Å². The molecule has 1 atom stereocenters. The highest BCUT2D eigenvalue weighted by Gasteiger charge is 2.15. The SMILES string of the molecule is CCCCCCCCCCCCC(=O)OC(CCCC)NC(=O)O. The van der Waals surface area contributed by atoms with Crippen molar-refractivity contribution in [3.8, 4) is 0 Å². The van der Waals surface area contributed by atoms with E-state index >= 15 is 0 Å². The minimum Gasteiger partial charge on any atom is -0.465 e. The summed E-state index contributed by atoms with van der Waals surface area (Å²) in [5, 5.41) is 11.0. The fourth-order valence-corrected chi connectivity index (χ4v) is 2.66. The van der Waals surface area contributed by atoms with E-state index in [0.717, 1.165) is 32.1 Å². The molecule has 0 rings (SSSR count). The second kappa shape index (κ2) is 16.6. The maximum absolute atomic E-state index is 11.8. The maximum atomic E-state index is 11.8. The molecule has 24 heavy (non-hydrogen) atoms. The summed E-state index contributed by atoms with van der Waals surface area (Å²) in [5.41, 5.74) is 0. The lowest BCUT2D eigenvalue weighted by atomic mass is 10.1. The molecule has 0 bridgehead atoms. The molecule has 0 spiro atoms. The van der Waals surface area contributed by atoms with E-state index in [0.29, 0.717) is 12.8 Å². The Kier molecular flexibility index (Phi) is 15.7. The third-order valence-electron chi connectivity index (χ3n) is 4.11. The molecule has 142 valence electrons. The van der Waals surface area contributed by atoms with Crippen molar-refractivity contribution in [2.24, 2.45) is 0 Å². The van der Waals surface area contributed by atoms with Crippen molar-refractivity contribution in [2.75, 3.05) is 0 Å². The Hall–Kier alpha value is -1.26. The summed E-state index contributed by atoms with van der Waals surface area (Å²) < 4.78 is 5.22. The number of unbranched alkanes of at least 4 members (excludes halogenated alkanes) is 10. The van der Waals surface area contributed by atoms with Gasteiger partial charge in [-0.25, -0.2) is 4.79 Å². The Morgan fingerprint density at radius 2 is 1.33 bits per heavy atom. The fourth-order valence-electron chi connectivity index (χ4n) is 2.66. The van der Waals surface area contributed by atoms with Gasteiger partial charge in [0.2, 0.25) is 0 Å². The molecule has 1 amide bonds. The van der Waals surface area contributed by atoms with Gasteiger partial charge in [-0.1, -0.05) is 78.1 Å². The Labute approximate surface area is 147 Å². The highest BCUT2D eigenvalue weighted by atomic mass is 16.6. The normalized spacial score (nSPS) is 11.9. The van der Waals surface area contributed by atoms with Gasteiger partial charge in [0, 0.05) is 12.8 Å². The number of esters is 1. The molecule has 0 saturated carbocycles. The largest absolute Gasteiger partial charge is 0.465 e. The molecule has 0 aliphatic rings. The third kappa shape index (κ3) is 15.6.